The van der Waals surface area contributed by atoms with Crippen molar-refractivity contribution in [2.45, 2.75) is 19.6 Å². The fraction of sp³-hybridized carbons (Fsp3) is 0.263. The first kappa shape index (κ1) is 21.6. The average Bonchev–Trinajstić information content (AvgIpc) is 2.64. The number of hydrogen-bond acceptors (Lipinski definition) is 4. The van der Waals surface area contributed by atoms with Crippen molar-refractivity contribution < 1.29 is 23.1 Å². The Hall–Kier alpha value is -2.71. The molecular weight excluding hydrogens is 392 g/mol. The van der Waals surface area contributed by atoms with E-state index < -0.39 is 18.6 Å². The van der Waals surface area contributed by atoms with Crippen LogP contribution in [0.25, 0.3) is 0 Å². The summed E-state index contributed by atoms with van der Waals surface area (Å²) in [6, 6.07) is 12.0. The normalized spacial score (nSPS) is 12.0. The predicted octanol–water partition coefficient (Wildman–Crippen LogP) is 3.84. The summed E-state index contributed by atoms with van der Waals surface area (Å²) >= 11 is 6.00. The molecule has 28 heavy (non-hydrogen) atoms. The van der Waals surface area contributed by atoms with Gasteiger partial charge in [-0.2, -0.15) is 8.78 Å². The molecule has 1 unspecified atom stereocenters. The molecule has 6 nitrogen and oxygen atoms in total. The molecule has 0 fully saturated rings. The molecule has 2 N–H and O–H groups in total. The fourth-order valence-electron chi connectivity index (χ4n) is 2.32. The molecule has 0 radical (unpaired) electrons. The Morgan fingerprint density at radius 1 is 1.07 bits per heavy atom. The van der Waals surface area contributed by atoms with Crippen LogP contribution >= 0.6 is 11.6 Å². The maximum atomic E-state index is 12.5. The van der Waals surface area contributed by atoms with E-state index in [-0.39, 0.29) is 23.9 Å². The van der Waals surface area contributed by atoms with Crippen LogP contribution in [0, 0.1) is 0 Å². The molecule has 0 saturated heterocycles. The van der Waals surface area contributed by atoms with Gasteiger partial charge in [0.25, 0.3) is 0 Å². The molecule has 2 amide bonds. The number of hydrogen-bond donors (Lipinski definition) is 2. The minimum atomic E-state index is -3.01. The first-order chi connectivity index (χ1) is 13.3. The molecular formula is C19H20ClF2N3O3. The Morgan fingerprint density at radius 2 is 1.68 bits per heavy atom. The Balaban J connectivity index is 1.95. The Morgan fingerprint density at radius 3 is 2.32 bits per heavy atom. The van der Waals surface area contributed by atoms with Crippen LogP contribution in [0.4, 0.5) is 20.2 Å². The standard InChI is InChI=1S/C19H20ClF2N3O3/c1-12(18(27)24-15-9-5-6-10-16(15)28-19(21)22)25(2)11-17(26)23-14-8-4-3-7-13(14)20/h3-10,12,19H,11H2,1-2H3,(H,23,26)(H,24,27). The van der Waals surface area contributed by atoms with E-state index in [0.29, 0.717) is 10.7 Å². The summed E-state index contributed by atoms with van der Waals surface area (Å²) in [7, 11) is 1.60. The lowest BCUT2D eigenvalue weighted by molar-refractivity contribution is -0.122. The zero-order valence-corrected chi connectivity index (χ0v) is 16.0. The summed E-state index contributed by atoms with van der Waals surface area (Å²) in [5.74, 6) is -0.966. The van der Waals surface area contributed by atoms with Crippen molar-refractivity contribution in [1.29, 1.82) is 0 Å². The van der Waals surface area contributed by atoms with Crippen molar-refractivity contribution in [3.63, 3.8) is 0 Å². The number of nitrogens with one attached hydrogen (secondary N) is 2. The molecule has 0 saturated carbocycles. The number of rotatable bonds is 8. The molecule has 0 aliphatic heterocycles. The molecule has 0 spiro atoms. The van der Waals surface area contributed by atoms with E-state index in [9.17, 15) is 18.4 Å². The monoisotopic (exact) mass is 411 g/mol. The molecule has 0 aliphatic carbocycles. The van der Waals surface area contributed by atoms with Gasteiger partial charge < -0.3 is 15.4 Å². The van der Waals surface area contributed by atoms with E-state index in [1.807, 2.05) is 0 Å². The van der Waals surface area contributed by atoms with Crippen LogP contribution in [0.3, 0.4) is 0 Å². The van der Waals surface area contributed by atoms with Crippen LogP contribution < -0.4 is 15.4 Å². The third-order valence-electron chi connectivity index (χ3n) is 3.94. The Kier molecular flexibility index (Phi) is 7.71. The zero-order valence-electron chi connectivity index (χ0n) is 15.3. The third-order valence-corrected chi connectivity index (χ3v) is 4.27. The highest BCUT2D eigenvalue weighted by atomic mass is 35.5. The van der Waals surface area contributed by atoms with Gasteiger partial charge in [-0.3, -0.25) is 14.5 Å². The molecule has 2 aromatic rings. The van der Waals surface area contributed by atoms with Crippen LogP contribution in [0.15, 0.2) is 48.5 Å². The van der Waals surface area contributed by atoms with Crippen molar-refractivity contribution in [3.8, 4) is 5.75 Å². The van der Waals surface area contributed by atoms with Gasteiger partial charge in [-0.05, 0) is 38.2 Å². The summed E-state index contributed by atoms with van der Waals surface area (Å²) in [4.78, 5) is 26.1. The van der Waals surface area contributed by atoms with Crippen molar-refractivity contribution in [2.24, 2.45) is 0 Å². The van der Waals surface area contributed by atoms with E-state index in [2.05, 4.69) is 15.4 Å². The van der Waals surface area contributed by atoms with Gasteiger partial charge in [-0.1, -0.05) is 35.9 Å². The molecule has 0 aliphatic rings. The highest BCUT2D eigenvalue weighted by Crippen LogP contribution is 2.26. The number of alkyl halides is 2. The number of nitrogens with zero attached hydrogens (tertiary/aromatic N) is 1. The minimum absolute atomic E-state index is 0.0744. The van der Waals surface area contributed by atoms with E-state index >= 15 is 0 Å². The molecule has 0 bridgehead atoms. The van der Waals surface area contributed by atoms with Crippen LogP contribution in [-0.2, 0) is 9.59 Å². The SMILES string of the molecule is CC(C(=O)Nc1ccccc1OC(F)F)N(C)CC(=O)Nc1ccccc1Cl. The topological polar surface area (TPSA) is 70.7 Å². The summed E-state index contributed by atoms with van der Waals surface area (Å²) in [5.41, 5.74) is 0.589. The van der Waals surface area contributed by atoms with Crippen LogP contribution in [0.1, 0.15) is 6.92 Å². The second-order valence-corrected chi connectivity index (χ2v) is 6.39. The van der Waals surface area contributed by atoms with E-state index in [0.717, 1.165) is 0 Å². The lowest BCUT2D eigenvalue weighted by Crippen LogP contribution is -2.43. The van der Waals surface area contributed by atoms with Gasteiger partial charge in [0, 0.05) is 0 Å². The first-order valence-electron chi connectivity index (χ1n) is 8.37. The van der Waals surface area contributed by atoms with Gasteiger partial charge in [0.15, 0.2) is 0 Å². The first-order valence-corrected chi connectivity index (χ1v) is 8.75. The number of ether oxygens (including phenoxy) is 1. The van der Waals surface area contributed by atoms with Crippen LogP contribution in [0.5, 0.6) is 5.75 Å². The molecule has 0 aromatic heterocycles. The van der Waals surface area contributed by atoms with Gasteiger partial charge in [0.2, 0.25) is 11.8 Å². The zero-order chi connectivity index (χ0) is 20.7. The summed E-state index contributed by atoms with van der Waals surface area (Å²) in [6.07, 6.45) is 0. The van der Waals surface area contributed by atoms with Crippen LogP contribution in [-0.4, -0.2) is 43.0 Å². The minimum Gasteiger partial charge on any atom is -0.433 e. The maximum Gasteiger partial charge on any atom is 0.387 e. The van der Waals surface area contributed by atoms with Crippen molar-refractivity contribution in [1.82, 2.24) is 4.90 Å². The number of likely N-dealkylation sites (N-methyl/N-ethyl adjacent to an activating group) is 1. The largest absolute Gasteiger partial charge is 0.433 e. The Labute approximate surface area is 166 Å². The highest BCUT2D eigenvalue weighted by molar-refractivity contribution is 6.33. The summed E-state index contributed by atoms with van der Waals surface area (Å²) in [5, 5.41) is 5.61. The second-order valence-electron chi connectivity index (χ2n) is 5.98. The van der Waals surface area contributed by atoms with Crippen LogP contribution in [0.2, 0.25) is 5.02 Å². The smallest absolute Gasteiger partial charge is 0.387 e. The van der Waals surface area contributed by atoms with Gasteiger partial charge in [-0.15, -0.1) is 0 Å². The number of benzene rings is 2. The van der Waals surface area contributed by atoms with Crippen molar-refractivity contribution in [3.05, 3.63) is 53.6 Å². The number of amides is 2. The molecule has 2 aromatic carbocycles. The molecule has 9 heteroatoms. The number of carbonyl (C=O) groups excluding carboxylic acids is 2. The second kappa shape index (κ2) is 10.0. The van der Waals surface area contributed by atoms with E-state index in [1.54, 1.807) is 44.3 Å². The maximum absolute atomic E-state index is 12.5. The molecule has 0 heterocycles. The average molecular weight is 412 g/mol. The number of para-hydroxylation sites is 3. The number of anilines is 2. The summed E-state index contributed by atoms with van der Waals surface area (Å²) < 4.78 is 29.3. The lowest BCUT2D eigenvalue weighted by Gasteiger charge is -2.24. The quantitative estimate of drug-likeness (QED) is 0.692. The Bertz CT molecular complexity index is 836. The molecule has 1 atom stereocenters. The van der Waals surface area contributed by atoms with Crippen molar-refractivity contribution >= 4 is 34.8 Å². The van der Waals surface area contributed by atoms with Gasteiger partial charge in [-0.25, -0.2) is 0 Å². The number of halogens is 3. The highest BCUT2D eigenvalue weighted by Gasteiger charge is 2.22. The molecule has 150 valence electrons. The van der Waals surface area contributed by atoms with Gasteiger partial charge >= 0.3 is 6.61 Å². The van der Waals surface area contributed by atoms with Gasteiger partial charge in [0.1, 0.15) is 5.75 Å². The summed E-state index contributed by atoms with van der Waals surface area (Å²) in [6.45, 7) is -1.49. The van der Waals surface area contributed by atoms with E-state index in [1.165, 1.54) is 23.1 Å². The third kappa shape index (κ3) is 6.17. The lowest BCUT2D eigenvalue weighted by atomic mass is 10.2. The fourth-order valence-corrected chi connectivity index (χ4v) is 2.50. The van der Waals surface area contributed by atoms with Gasteiger partial charge in [0.05, 0.1) is 29.0 Å². The molecule has 2 rings (SSSR count). The van der Waals surface area contributed by atoms with E-state index in [4.69, 9.17) is 11.6 Å². The number of carbonyl (C=O) groups is 2. The predicted molar refractivity (Wildman–Crippen MR) is 104 cm³/mol. The van der Waals surface area contributed by atoms with Crippen molar-refractivity contribution in [2.75, 3.05) is 24.2 Å².